The fraction of sp³-hybridized carbons (Fsp3) is 0.769. The van der Waals surface area contributed by atoms with Gasteiger partial charge in [0.2, 0.25) is 0 Å². The fourth-order valence-corrected chi connectivity index (χ4v) is 2.20. The molecule has 1 heterocycles. The van der Waals surface area contributed by atoms with E-state index in [1.54, 1.807) is 0 Å². The minimum atomic E-state index is 0.179. The lowest BCUT2D eigenvalue weighted by Crippen LogP contribution is -2.30. The van der Waals surface area contributed by atoms with E-state index in [9.17, 15) is 0 Å². The third-order valence-electron chi connectivity index (χ3n) is 3.40. The molecule has 1 aromatic rings. The van der Waals surface area contributed by atoms with Crippen molar-refractivity contribution in [3.8, 4) is 0 Å². The van der Waals surface area contributed by atoms with Gasteiger partial charge in [-0.2, -0.15) is 0 Å². The monoisotopic (exact) mass is 238 g/mol. The molecule has 0 saturated heterocycles. The van der Waals surface area contributed by atoms with Crippen LogP contribution < -0.4 is 11.3 Å². The minimum Gasteiger partial charge on any atom is -0.340 e. The van der Waals surface area contributed by atoms with Gasteiger partial charge in [-0.3, -0.25) is 11.3 Å². The van der Waals surface area contributed by atoms with Crippen molar-refractivity contribution in [2.45, 2.75) is 52.0 Å². The van der Waals surface area contributed by atoms with Gasteiger partial charge in [-0.1, -0.05) is 39.5 Å². The van der Waals surface area contributed by atoms with Crippen LogP contribution in [0.2, 0.25) is 0 Å². The van der Waals surface area contributed by atoms with Gasteiger partial charge in [-0.05, 0) is 12.3 Å². The maximum atomic E-state index is 5.65. The Morgan fingerprint density at radius 2 is 2.24 bits per heavy atom. The molecular weight excluding hydrogens is 212 g/mol. The Morgan fingerprint density at radius 1 is 1.47 bits per heavy atom. The number of hydrogen-bond acceptors (Lipinski definition) is 3. The van der Waals surface area contributed by atoms with Crippen molar-refractivity contribution >= 4 is 0 Å². The first kappa shape index (κ1) is 14.2. The summed E-state index contributed by atoms with van der Waals surface area (Å²) in [7, 11) is 1.98. The number of nitrogens with zero attached hydrogens (tertiary/aromatic N) is 2. The second-order valence-electron chi connectivity index (χ2n) is 4.84. The molecule has 0 aromatic carbocycles. The van der Waals surface area contributed by atoms with Crippen LogP contribution in [-0.2, 0) is 7.05 Å². The number of unbranched alkanes of at least 4 members (excludes halogenated alkanes) is 1. The summed E-state index contributed by atoms with van der Waals surface area (Å²) in [6.45, 7) is 4.50. The number of aryl methyl sites for hydroxylation is 1. The SMILES string of the molecule is CCCCC(CC)CC(NN)c1cn(C)cn1. The quantitative estimate of drug-likeness (QED) is 0.540. The third kappa shape index (κ3) is 4.48. The van der Waals surface area contributed by atoms with Crippen molar-refractivity contribution in [3.63, 3.8) is 0 Å². The van der Waals surface area contributed by atoms with Gasteiger partial charge in [0, 0.05) is 13.2 Å². The number of hydrogen-bond donors (Lipinski definition) is 2. The van der Waals surface area contributed by atoms with Crippen molar-refractivity contribution in [3.05, 3.63) is 18.2 Å². The molecule has 0 bridgehead atoms. The van der Waals surface area contributed by atoms with Gasteiger partial charge in [-0.25, -0.2) is 4.98 Å². The van der Waals surface area contributed by atoms with Gasteiger partial charge in [0.25, 0.3) is 0 Å². The predicted octanol–water partition coefficient (Wildman–Crippen LogP) is 2.53. The first-order valence-electron chi connectivity index (χ1n) is 6.65. The average molecular weight is 238 g/mol. The van der Waals surface area contributed by atoms with Crippen molar-refractivity contribution in [2.75, 3.05) is 0 Å². The molecule has 0 spiro atoms. The van der Waals surface area contributed by atoms with Crippen molar-refractivity contribution in [2.24, 2.45) is 18.8 Å². The third-order valence-corrected chi connectivity index (χ3v) is 3.40. The number of nitrogens with one attached hydrogen (secondary N) is 1. The van der Waals surface area contributed by atoms with Crippen LogP contribution in [0.5, 0.6) is 0 Å². The second kappa shape index (κ2) is 7.45. The Labute approximate surface area is 105 Å². The van der Waals surface area contributed by atoms with Gasteiger partial charge >= 0.3 is 0 Å². The number of hydrazine groups is 1. The summed E-state index contributed by atoms with van der Waals surface area (Å²) in [4.78, 5) is 4.38. The van der Waals surface area contributed by atoms with Crippen LogP contribution in [0.3, 0.4) is 0 Å². The lowest BCUT2D eigenvalue weighted by atomic mass is 9.91. The molecule has 1 rings (SSSR count). The Hall–Kier alpha value is -0.870. The first-order chi connectivity index (χ1) is 8.21. The first-order valence-corrected chi connectivity index (χ1v) is 6.65. The minimum absolute atomic E-state index is 0.179. The zero-order chi connectivity index (χ0) is 12.7. The van der Waals surface area contributed by atoms with Crippen molar-refractivity contribution in [1.29, 1.82) is 0 Å². The molecule has 17 heavy (non-hydrogen) atoms. The summed E-state index contributed by atoms with van der Waals surface area (Å²) >= 11 is 0. The number of rotatable bonds is 8. The van der Waals surface area contributed by atoms with E-state index in [1.165, 1.54) is 25.7 Å². The number of nitrogens with two attached hydrogens (primary N) is 1. The average Bonchev–Trinajstić information content (AvgIpc) is 2.76. The van der Waals surface area contributed by atoms with Gasteiger partial charge in [0.15, 0.2) is 0 Å². The molecule has 0 aliphatic heterocycles. The van der Waals surface area contributed by atoms with Gasteiger partial charge in [0.05, 0.1) is 18.1 Å². The van der Waals surface area contributed by atoms with E-state index in [1.807, 2.05) is 24.1 Å². The van der Waals surface area contributed by atoms with Gasteiger partial charge in [-0.15, -0.1) is 0 Å². The Balaban J connectivity index is 2.55. The molecule has 4 heteroatoms. The molecule has 0 fully saturated rings. The maximum Gasteiger partial charge on any atom is 0.0947 e. The smallest absolute Gasteiger partial charge is 0.0947 e. The normalized spacial score (nSPS) is 14.8. The zero-order valence-electron chi connectivity index (χ0n) is 11.3. The van der Waals surface area contributed by atoms with E-state index in [2.05, 4.69) is 24.3 Å². The molecule has 0 aliphatic rings. The Kier molecular flexibility index (Phi) is 6.22. The molecule has 1 aromatic heterocycles. The van der Waals surface area contributed by atoms with Crippen molar-refractivity contribution in [1.82, 2.24) is 15.0 Å². The van der Waals surface area contributed by atoms with Gasteiger partial charge < -0.3 is 4.57 Å². The molecule has 0 saturated carbocycles. The van der Waals surface area contributed by atoms with E-state index < -0.39 is 0 Å². The summed E-state index contributed by atoms with van der Waals surface area (Å²) in [5, 5.41) is 0. The second-order valence-corrected chi connectivity index (χ2v) is 4.84. The molecule has 0 radical (unpaired) electrons. The van der Waals surface area contributed by atoms with E-state index in [0.29, 0.717) is 0 Å². The van der Waals surface area contributed by atoms with Crippen LogP contribution in [0, 0.1) is 5.92 Å². The standard InChI is InChI=1S/C13H26N4/c1-4-6-7-11(5-2)8-12(16-14)13-9-17(3)10-15-13/h9-12,16H,4-8,14H2,1-3H3. The molecule has 2 unspecified atom stereocenters. The fourth-order valence-electron chi connectivity index (χ4n) is 2.20. The van der Waals surface area contributed by atoms with Crippen LogP contribution in [0.25, 0.3) is 0 Å². The van der Waals surface area contributed by atoms with E-state index in [-0.39, 0.29) is 6.04 Å². The molecule has 0 aliphatic carbocycles. The number of aromatic nitrogens is 2. The lowest BCUT2D eigenvalue weighted by Gasteiger charge is -2.20. The van der Waals surface area contributed by atoms with E-state index in [4.69, 9.17) is 5.84 Å². The molecule has 0 amide bonds. The van der Waals surface area contributed by atoms with E-state index in [0.717, 1.165) is 18.0 Å². The Bertz CT molecular complexity index is 308. The molecule has 2 atom stereocenters. The highest BCUT2D eigenvalue weighted by Crippen LogP contribution is 2.25. The largest absolute Gasteiger partial charge is 0.340 e. The predicted molar refractivity (Wildman–Crippen MR) is 71.2 cm³/mol. The zero-order valence-corrected chi connectivity index (χ0v) is 11.3. The highest BCUT2D eigenvalue weighted by atomic mass is 15.2. The van der Waals surface area contributed by atoms with Crippen LogP contribution in [0.4, 0.5) is 0 Å². The molecule has 4 nitrogen and oxygen atoms in total. The van der Waals surface area contributed by atoms with Crippen LogP contribution in [-0.4, -0.2) is 9.55 Å². The number of imidazole rings is 1. The summed E-state index contributed by atoms with van der Waals surface area (Å²) in [6.07, 6.45) is 10.0. The van der Waals surface area contributed by atoms with E-state index >= 15 is 0 Å². The van der Waals surface area contributed by atoms with Crippen molar-refractivity contribution < 1.29 is 0 Å². The molecular formula is C13H26N4. The summed E-state index contributed by atoms with van der Waals surface area (Å²) in [5.41, 5.74) is 3.94. The lowest BCUT2D eigenvalue weighted by molar-refractivity contribution is 0.353. The molecule has 98 valence electrons. The molecule has 3 N–H and O–H groups in total. The summed E-state index contributed by atoms with van der Waals surface area (Å²) < 4.78 is 1.96. The Morgan fingerprint density at radius 3 is 2.71 bits per heavy atom. The maximum absolute atomic E-state index is 5.65. The van der Waals surface area contributed by atoms with Crippen LogP contribution >= 0.6 is 0 Å². The van der Waals surface area contributed by atoms with Crippen LogP contribution in [0.15, 0.2) is 12.5 Å². The highest BCUT2D eigenvalue weighted by molar-refractivity contribution is 5.03. The van der Waals surface area contributed by atoms with Gasteiger partial charge in [0.1, 0.15) is 0 Å². The highest BCUT2D eigenvalue weighted by Gasteiger charge is 2.17. The summed E-state index contributed by atoms with van der Waals surface area (Å²) in [6, 6.07) is 0.179. The summed E-state index contributed by atoms with van der Waals surface area (Å²) in [5.74, 6) is 6.38. The van der Waals surface area contributed by atoms with Crippen LogP contribution in [0.1, 0.15) is 57.7 Å². The topological polar surface area (TPSA) is 55.9 Å².